The molecular formula is C3H6N2O9-6. The van der Waals surface area contributed by atoms with Crippen LogP contribution in [0.4, 0.5) is 14.4 Å². The van der Waals surface area contributed by atoms with Gasteiger partial charge < -0.3 is 57.3 Å². The van der Waals surface area contributed by atoms with Gasteiger partial charge in [0.15, 0.2) is 0 Å². The van der Waals surface area contributed by atoms with Crippen molar-refractivity contribution in [2.24, 2.45) is 0 Å². The molecule has 0 aromatic heterocycles. The molecule has 0 rings (SSSR count). The maximum Gasteiger partial charge on any atom is -0.0431 e. The summed E-state index contributed by atoms with van der Waals surface area (Å²) in [5.74, 6) is 0. The monoisotopic (exact) mass is 214 g/mol. The highest BCUT2D eigenvalue weighted by atomic mass is 16.6. The summed E-state index contributed by atoms with van der Waals surface area (Å²) < 4.78 is 0. The normalized spacial score (nSPS) is 5.14. The van der Waals surface area contributed by atoms with E-state index in [1.807, 2.05) is 0 Å². The van der Waals surface area contributed by atoms with Crippen LogP contribution in [0.15, 0.2) is 0 Å². The lowest BCUT2D eigenvalue weighted by molar-refractivity contribution is -0.417. The van der Waals surface area contributed by atoms with Crippen LogP contribution in [0.2, 0.25) is 0 Å². The molecule has 0 amide bonds. The first kappa shape index (κ1) is 29.8. The van der Waals surface area contributed by atoms with Gasteiger partial charge in [-0.1, -0.05) is 0 Å². The van der Waals surface area contributed by atoms with Gasteiger partial charge in [-0.2, -0.15) is 0 Å². The van der Waals surface area contributed by atoms with Gasteiger partial charge in [-0.3, -0.25) is 0 Å². The highest BCUT2D eigenvalue weighted by molar-refractivity contribution is 5.48. The van der Waals surface area contributed by atoms with Crippen molar-refractivity contribution in [3.63, 3.8) is 0 Å². The van der Waals surface area contributed by atoms with Gasteiger partial charge in [-0.25, -0.2) is 0 Å². The third-order valence-electron chi connectivity index (χ3n) is 0. The summed E-state index contributed by atoms with van der Waals surface area (Å²) in [4.78, 5) is 25.0. The molecule has 0 unspecified atom stereocenters. The highest BCUT2D eigenvalue weighted by Crippen LogP contribution is 1.21. The van der Waals surface area contributed by atoms with Crippen LogP contribution in [0.5, 0.6) is 0 Å². The molecule has 14 heavy (non-hydrogen) atoms. The Hall–Kier alpha value is -2.27. The van der Waals surface area contributed by atoms with Crippen molar-refractivity contribution < 1.29 is 45.0 Å². The molecule has 6 N–H and O–H groups in total. The second-order valence-electron chi connectivity index (χ2n) is 0.750. The summed E-state index contributed by atoms with van der Waals surface area (Å²) >= 11 is 0. The minimum atomic E-state index is -2.33. The van der Waals surface area contributed by atoms with Gasteiger partial charge in [0.05, 0.1) is 0 Å². The second-order valence-corrected chi connectivity index (χ2v) is 0.750. The zero-order valence-corrected chi connectivity index (χ0v) is 6.59. The third kappa shape index (κ3) is 144. The molecule has 11 nitrogen and oxygen atoms in total. The SMILES string of the molecule is N.N.O=C([O-])[O-].O=C([O-])[O-].O=C([O-])[O-]. The van der Waals surface area contributed by atoms with Gasteiger partial charge in [0.2, 0.25) is 0 Å². The Labute approximate surface area is 77.0 Å². The molecule has 0 atom stereocenters. The molecule has 0 aromatic carbocycles. The molecule has 0 saturated heterocycles. The van der Waals surface area contributed by atoms with Gasteiger partial charge in [-0.15, -0.1) is 0 Å². The Morgan fingerprint density at radius 3 is 0.500 bits per heavy atom. The van der Waals surface area contributed by atoms with Crippen LogP contribution in [0.1, 0.15) is 0 Å². The number of rotatable bonds is 0. The van der Waals surface area contributed by atoms with Crippen molar-refractivity contribution in [3.8, 4) is 0 Å². The summed E-state index contributed by atoms with van der Waals surface area (Å²) in [6.07, 6.45) is -7.00. The van der Waals surface area contributed by atoms with Crippen molar-refractivity contribution in [1.29, 1.82) is 0 Å². The number of carboxylic acid groups (broad SMARTS) is 6. The van der Waals surface area contributed by atoms with Crippen LogP contribution in [0, 0.1) is 0 Å². The summed E-state index contributed by atoms with van der Waals surface area (Å²) in [6.45, 7) is 0. The predicted octanol–water partition coefficient (Wildman–Crippen LogP) is -7.02. The Balaban J connectivity index is -0.0000000270. The minimum absolute atomic E-state index is 0. The van der Waals surface area contributed by atoms with E-state index in [0.29, 0.717) is 0 Å². The average Bonchev–Trinajstić information content (AvgIpc) is 1.54. The van der Waals surface area contributed by atoms with E-state index in [9.17, 15) is 0 Å². The fourth-order valence-electron chi connectivity index (χ4n) is 0. The molecule has 0 spiro atoms. The molecule has 0 aliphatic carbocycles. The van der Waals surface area contributed by atoms with E-state index in [4.69, 9.17) is 45.0 Å². The van der Waals surface area contributed by atoms with Gasteiger partial charge in [0, 0.05) is 0 Å². The molecule has 0 heterocycles. The zero-order valence-electron chi connectivity index (χ0n) is 6.59. The third-order valence-corrected chi connectivity index (χ3v) is 0. The molecule has 0 radical (unpaired) electrons. The molecule has 0 saturated carbocycles. The Morgan fingerprint density at radius 2 is 0.500 bits per heavy atom. The number of carbonyl (C=O) groups is 3. The Bertz CT molecular complexity index is 116. The molecule has 88 valence electrons. The molecule has 0 aliphatic rings. The number of hydrogen-bond acceptors (Lipinski definition) is 11. The number of hydrogen-bond donors (Lipinski definition) is 2. The average molecular weight is 214 g/mol. The van der Waals surface area contributed by atoms with Crippen molar-refractivity contribution in [3.05, 3.63) is 0 Å². The van der Waals surface area contributed by atoms with E-state index >= 15 is 0 Å². The smallest absolute Gasteiger partial charge is 0.0431 e. The molecule has 0 fully saturated rings. The lowest BCUT2D eigenvalue weighted by Crippen LogP contribution is -2.37. The maximum atomic E-state index is 8.33. The van der Waals surface area contributed by atoms with E-state index < -0.39 is 18.5 Å². The fraction of sp³-hybridized carbons (Fsp3) is 0. The van der Waals surface area contributed by atoms with E-state index in [1.54, 1.807) is 0 Å². The molecule has 0 aliphatic heterocycles. The topological polar surface area (TPSA) is 260 Å². The minimum Gasteiger partial charge on any atom is -0.652 e. The summed E-state index contributed by atoms with van der Waals surface area (Å²) in [5, 5.41) is 50.0. The van der Waals surface area contributed by atoms with Crippen LogP contribution < -0.4 is 42.9 Å². The molecule has 11 heteroatoms. The first-order valence-electron chi connectivity index (χ1n) is 1.84. The summed E-state index contributed by atoms with van der Waals surface area (Å²) in [6, 6.07) is 0. The standard InChI is InChI=1S/3CH2O3.2H3N/c3*2-1(3)4;;/h3*(H2,2,3,4);2*1H3/p-6. The molecule has 0 bridgehead atoms. The van der Waals surface area contributed by atoms with Gasteiger partial charge in [-0.05, 0) is 18.5 Å². The van der Waals surface area contributed by atoms with Gasteiger partial charge in [0.25, 0.3) is 0 Å². The highest BCUT2D eigenvalue weighted by Gasteiger charge is 1.27. The zero-order chi connectivity index (χ0) is 10.7. The van der Waals surface area contributed by atoms with Crippen LogP contribution in [0.3, 0.4) is 0 Å². The quantitative estimate of drug-likeness (QED) is 0.382. The van der Waals surface area contributed by atoms with E-state index in [2.05, 4.69) is 0 Å². The predicted molar refractivity (Wildman–Crippen MR) is 26.2 cm³/mol. The maximum absolute atomic E-state index is 8.33. The first-order chi connectivity index (χ1) is 5.20. The van der Waals surface area contributed by atoms with E-state index in [0.717, 1.165) is 0 Å². The van der Waals surface area contributed by atoms with Crippen molar-refractivity contribution in [2.45, 2.75) is 0 Å². The van der Waals surface area contributed by atoms with Crippen LogP contribution >= 0.6 is 0 Å². The largest absolute Gasteiger partial charge is 0.652 e. The lowest BCUT2D eigenvalue weighted by atomic mass is 11.5. The summed E-state index contributed by atoms with van der Waals surface area (Å²) in [7, 11) is 0. The Kier molecular flexibility index (Phi) is 47.8. The number of carbonyl (C=O) groups excluding carboxylic acids is 3. The van der Waals surface area contributed by atoms with Crippen LogP contribution in [0.25, 0.3) is 0 Å². The van der Waals surface area contributed by atoms with Gasteiger partial charge in [0.1, 0.15) is 0 Å². The summed E-state index contributed by atoms with van der Waals surface area (Å²) in [5.41, 5.74) is 0. The molecule has 0 aromatic rings. The van der Waals surface area contributed by atoms with Crippen LogP contribution in [-0.2, 0) is 0 Å². The van der Waals surface area contributed by atoms with E-state index in [-0.39, 0.29) is 12.3 Å². The van der Waals surface area contributed by atoms with E-state index in [1.165, 1.54) is 0 Å². The Morgan fingerprint density at radius 1 is 0.500 bits per heavy atom. The molecular weight excluding hydrogens is 208 g/mol. The second kappa shape index (κ2) is 22.4. The first-order valence-corrected chi connectivity index (χ1v) is 1.84. The lowest BCUT2D eigenvalue weighted by Gasteiger charge is -1.96. The van der Waals surface area contributed by atoms with Crippen LogP contribution in [-0.4, -0.2) is 18.5 Å². The fourth-order valence-corrected chi connectivity index (χ4v) is 0. The van der Waals surface area contributed by atoms with Crippen molar-refractivity contribution >= 4 is 18.5 Å². The van der Waals surface area contributed by atoms with Crippen molar-refractivity contribution in [2.75, 3.05) is 0 Å². The van der Waals surface area contributed by atoms with Gasteiger partial charge >= 0.3 is 0 Å². The van der Waals surface area contributed by atoms with Crippen molar-refractivity contribution in [1.82, 2.24) is 12.3 Å².